The summed E-state index contributed by atoms with van der Waals surface area (Å²) >= 11 is 1.26. The minimum atomic E-state index is -0.174. The van der Waals surface area contributed by atoms with Crippen LogP contribution in [0.2, 0.25) is 0 Å². The van der Waals surface area contributed by atoms with Crippen molar-refractivity contribution < 1.29 is 14.1 Å². The van der Waals surface area contributed by atoms with Crippen molar-refractivity contribution in [3.63, 3.8) is 0 Å². The summed E-state index contributed by atoms with van der Waals surface area (Å²) in [5.41, 5.74) is 2.38. The number of ether oxygens (including phenoxy) is 1. The number of aryl methyl sites for hydroxylation is 1. The van der Waals surface area contributed by atoms with E-state index in [0.29, 0.717) is 29.9 Å². The molecule has 0 aliphatic rings. The predicted octanol–water partition coefficient (Wildman–Crippen LogP) is 2.56. The first-order valence-electron chi connectivity index (χ1n) is 7.36. The standard InChI is InChI=1S/C15H15N5O3S/c1-2-22-11-5-3-10(4-6-11)14-18-13(23-20-14)8-7-12(21)17-15-19-16-9-24-15/h3-6,9H,2,7-8H2,1H3,(H,17,19,21). The third-order valence-electron chi connectivity index (χ3n) is 3.06. The molecule has 1 N–H and O–H groups in total. The summed E-state index contributed by atoms with van der Waals surface area (Å²) in [6.45, 7) is 2.55. The first-order valence-corrected chi connectivity index (χ1v) is 8.24. The fourth-order valence-corrected chi connectivity index (χ4v) is 2.43. The number of hydrogen-bond acceptors (Lipinski definition) is 8. The molecular formula is C15H15N5O3S. The van der Waals surface area contributed by atoms with Crippen molar-refractivity contribution in [2.24, 2.45) is 0 Å². The monoisotopic (exact) mass is 345 g/mol. The van der Waals surface area contributed by atoms with Gasteiger partial charge in [-0.25, -0.2) is 0 Å². The Morgan fingerprint density at radius 2 is 2.17 bits per heavy atom. The Labute approximate surface area is 141 Å². The molecule has 9 heteroatoms. The van der Waals surface area contributed by atoms with Gasteiger partial charge in [0, 0.05) is 18.4 Å². The molecule has 0 aliphatic heterocycles. The Hall–Kier alpha value is -2.81. The maximum atomic E-state index is 11.8. The third kappa shape index (κ3) is 4.13. The summed E-state index contributed by atoms with van der Waals surface area (Å²) in [5.74, 6) is 1.51. The summed E-state index contributed by atoms with van der Waals surface area (Å²) in [4.78, 5) is 16.1. The van der Waals surface area contributed by atoms with E-state index in [2.05, 4.69) is 25.7 Å². The van der Waals surface area contributed by atoms with Crippen molar-refractivity contribution in [1.29, 1.82) is 0 Å². The molecule has 0 atom stereocenters. The zero-order valence-electron chi connectivity index (χ0n) is 12.9. The van der Waals surface area contributed by atoms with Crippen LogP contribution >= 0.6 is 11.3 Å². The van der Waals surface area contributed by atoms with E-state index in [1.54, 1.807) is 5.51 Å². The summed E-state index contributed by atoms with van der Waals surface area (Å²) in [7, 11) is 0. The van der Waals surface area contributed by atoms with Crippen LogP contribution in [-0.4, -0.2) is 32.9 Å². The maximum Gasteiger partial charge on any atom is 0.227 e. The van der Waals surface area contributed by atoms with Crippen LogP contribution in [0.4, 0.5) is 5.13 Å². The fraction of sp³-hybridized carbons (Fsp3) is 0.267. The molecule has 0 unspecified atom stereocenters. The van der Waals surface area contributed by atoms with Crippen LogP contribution in [0.15, 0.2) is 34.3 Å². The number of benzene rings is 1. The summed E-state index contributed by atoms with van der Waals surface area (Å²) in [6, 6.07) is 7.43. The second-order valence-electron chi connectivity index (χ2n) is 4.76. The number of nitrogens with zero attached hydrogens (tertiary/aromatic N) is 4. The summed E-state index contributed by atoms with van der Waals surface area (Å²) in [6.07, 6.45) is 0.582. The average Bonchev–Trinajstić information content (AvgIpc) is 3.26. The van der Waals surface area contributed by atoms with Crippen molar-refractivity contribution in [3.8, 4) is 17.1 Å². The first kappa shape index (κ1) is 16.1. The quantitative estimate of drug-likeness (QED) is 0.702. The fourth-order valence-electron chi connectivity index (χ4n) is 1.97. The molecule has 0 bridgehead atoms. The van der Waals surface area contributed by atoms with Crippen LogP contribution in [-0.2, 0) is 11.2 Å². The lowest BCUT2D eigenvalue weighted by molar-refractivity contribution is -0.116. The highest BCUT2D eigenvalue weighted by Crippen LogP contribution is 2.20. The third-order valence-corrected chi connectivity index (χ3v) is 3.67. The maximum absolute atomic E-state index is 11.8. The summed E-state index contributed by atoms with van der Waals surface area (Å²) < 4.78 is 10.6. The predicted molar refractivity (Wildman–Crippen MR) is 87.8 cm³/mol. The van der Waals surface area contributed by atoms with Gasteiger partial charge < -0.3 is 14.6 Å². The molecule has 0 fully saturated rings. The highest BCUT2D eigenvalue weighted by atomic mass is 32.1. The van der Waals surface area contributed by atoms with Gasteiger partial charge in [-0.05, 0) is 31.2 Å². The number of hydrogen-bond donors (Lipinski definition) is 1. The molecule has 0 saturated heterocycles. The number of amides is 1. The molecule has 1 aromatic carbocycles. The second kappa shape index (κ2) is 7.64. The van der Waals surface area contributed by atoms with E-state index in [1.807, 2.05) is 31.2 Å². The molecule has 0 spiro atoms. The highest BCUT2D eigenvalue weighted by Gasteiger charge is 2.11. The number of carbonyl (C=O) groups is 1. The van der Waals surface area contributed by atoms with Crippen molar-refractivity contribution in [2.75, 3.05) is 11.9 Å². The number of aromatic nitrogens is 4. The molecule has 2 heterocycles. The van der Waals surface area contributed by atoms with Crippen LogP contribution < -0.4 is 10.1 Å². The van der Waals surface area contributed by atoms with Gasteiger partial charge in [0.2, 0.25) is 22.8 Å². The van der Waals surface area contributed by atoms with Crippen molar-refractivity contribution in [2.45, 2.75) is 19.8 Å². The van der Waals surface area contributed by atoms with Crippen LogP contribution in [0, 0.1) is 0 Å². The molecule has 0 aliphatic carbocycles. The lowest BCUT2D eigenvalue weighted by Crippen LogP contribution is -2.12. The molecule has 124 valence electrons. The van der Waals surface area contributed by atoms with Gasteiger partial charge in [0.1, 0.15) is 11.3 Å². The zero-order valence-corrected chi connectivity index (χ0v) is 13.7. The Balaban J connectivity index is 1.56. The van der Waals surface area contributed by atoms with Gasteiger partial charge in [-0.1, -0.05) is 16.5 Å². The number of rotatable bonds is 7. The van der Waals surface area contributed by atoms with E-state index in [1.165, 1.54) is 11.3 Å². The zero-order chi connectivity index (χ0) is 16.8. The van der Waals surface area contributed by atoms with Gasteiger partial charge in [0.15, 0.2) is 0 Å². The van der Waals surface area contributed by atoms with E-state index in [0.717, 1.165) is 11.3 Å². The Kier molecular flexibility index (Phi) is 5.12. The molecular weight excluding hydrogens is 330 g/mol. The van der Waals surface area contributed by atoms with Crippen LogP contribution in [0.1, 0.15) is 19.2 Å². The normalized spacial score (nSPS) is 10.5. The van der Waals surface area contributed by atoms with Gasteiger partial charge in [-0.3, -0.25) is 4.79 Å². The minimum absolute atomic E-state index is 0.174. The van der Waals surface area contributed by atoms with Crippen molar-refractivity contribution >= 4 is 22.4 Å². The Morgan fingerprint density at radius 3 is 2.88 bits per heavy atom. The molecule has 1 amide bonds. The second-order valence-corrected chi connectivity index (χ2v) is 5.59. The van der Waals surface area contributed by atoms with E-state index < -0.39 is 0 Å². The Bertz CT molecular complexity index is 786. The lowest BCUT2D eigenvalue weighted by atomic mass is 10.2. The van der Waals surface area contributed by atoms with Crippen LogP contribution in [0.3, 0.4) is 0 Å². The Morgan fingerprint density at radius 1 is 1.33 bits per heavy atom. The molecule has 8 nitrogen and oxygen atoms in total. The molecule has 0 saturated carbocycles. The van der Waals surface area contributed by atoms with Crippen LogP contribution in [0.5, 0.6) is 5.75 Å². The SMILES string of the molecule is CCOc1ccc(-c2noc(CCC(=O)Nc3nncs3)n2)cc1. The largest absolute Gasteiger partial charge is 0.494 e. The van der Waals surface area contributed by atoms with E-state index in [-0.39, 0.29) is 12.3 Å². The van der Waals surface area contributed by atoms with Gasteiger partial charge >= 0.3 is 0 Å². The highest BCUT2D eigenvalue weighted by molar-refractivity contribution is 7.13. The van der Waals surface area contributed by atoms with Gasteiger partial charge in [0.25, 0.3) is 0 Å². The topological polar surface area (TPSA) is 103 Å². The molecule has 3 rings (SSSR count). The molecule has 3 aromatic rings. The van der Waals surface area contributed by atoms with E-state index >= 15 is 0 Å². The van der Waals surface area contributed by atoms with Gasteiger partial charge in [-0.15, -0.1) is 10.2 Å². The van der Waals surface area contributed by atoms with Crippen molar-refractivity contribution in [3.05, 3.63) is 35.7 Å². The lowest BCUT2D eigenvalue weighted by Gasteiger charge is -2.02. The van der Waals surface area contributed by atoms with Crippen molar-refractivity contribution in [1.82, 2.24) is 20.3 Å². The smallest absolute Gasteiger partial charge is 0.227 e. The minimum Gasteiger partial charge on any atom is -0.494 e. The van der Waals surface area contributed by atoms with E-state index in [9.17, 15) is 4.79 Å². The number of nitrogens with one attached hydrogen (secondary N) is 1. The molecule has 24 heavy (non-hydrogen) atoms. The van der Waals surface area contributed by atoms with E-state index in [4.69, 9.17) is 9.26 Å². The average molecular weight is 345 g/mol. The number of anilines is 1. The van der Waals surface area contributed by atoms with Gasteiger partial charge in [-0.2, -0.15) is 4.98 Å². The number of carbonyl (C=O) groups excluding carboxylic acids is 1. The van der Waals surface area contributed by atoms with Crippen LogP contribution in [0.25, 0.3) is 11.4 Å². The van der Waals surface area contributed by atoms with Gasteiger partial charge in [0.05, 0.1) is 6.61 Å². The molecule has 0 radical (unpaired) electrons. The molecule has 2 aromatic heterocycles. The summed E-state index contributed by atoms with van der Waals surface area (Å²) in [5, 5.41) is 14.5. The first-order chi connectivity index (χ1) is 11.7.